The van der Waals surface area contributed by atoms with Crippen molar-refractivity contribution in [3.8, 4) is 0 Å². The zero-order chi connectivity index (χ0) is 14.0. The van der Waals surface area contributed by atoms with Crippen LogP contribution in [-0.4, -0.2) is 43.9 Å². The van der Waals surface area contributed by atoms with E-state index < -0.39 is 22.2 Å². The van der Waals surface area contributed by atoms with Gasteiger partial charge in [-0.05, 0) is 12.2 Å². The van der Waals surface area contributed by atoms with E-state index in [2.05, 4.69) is 0 Å². The molecule has 6 nitrogen and oxygen atoms in total. The van der Waals surface area contributed by atoms with Gasteiger partial charge in [0, 0.05) is 11.5 Å². The third-order valence-corrected chi connectivity index (χ3v) is 3.13. The van der Waals surface area contributed by atoms with Crippen LogP contribution < -0.4 is 0 Å². The van der Waals surface area contributed by atoms with Crippen molar-refractivity contribution in [2.24, 2.45) is 0 Å². The Hall–Kier alpha value is -1.28. The molecule has 18 heavy (non-hydrogen) atoms. The van der Waals surface area contributed by atoms with Crippen LogP contribution >= 0.6 is 23.5 Å². The minimum absolute atomic E-state index is 0.119. The van der Waals surface area contributed by atoms with Gasteiger partial charge in [0.15, 0.2) is 0 Å². The molecule has 0 bridgehead atoms. The zero-order valence-electron chi connectivity index (χ0n) is 9.33. The molecule has 0 saturated heterocycles. The molecule has 0 aromatic heterocycles. The molecule has 8 heteroatoms. The smallest absolute Gasteiger partial charge is 0.304 e. The number of hydrogen-bond acceptors (Lipinski definition) is 6. The maximum atomic E-state index is 11.1. The second kappa shape index (κ2) is 9.72. The number of carboxylic acid groups (broad SMARTS) is 2. The molecule has 0 amide bonds. The van der Waals surface area contributed by atoms with Crippen molar-refractivity contribution in [1.82, 2.24) is 0 Å². The molecule has 0 spiro atoms. The van der Waals surface area contributed by atoms with E-state index in [0.717, 1.165) is 35.7 Å². The van der Waals surface area contributed by atoms with Gasteiger partial charge in [0.1, 0.15) is 0 Å². The minimum Gasteiger partial charge on any atom is -0.481 e. The zero-order valence-corrected chi connectivity index (χ0v) is 11.0. The van der Waals surface area contributed by atoms with Crippen LogP contribution in [0.5, 0.6) is 0 Å². The van der Waals surface area contributed by atoms with Gasteiger partial charge in [-0.2, -0.15) is 0 Å². The highest BCUT2D eigenvalue weighted by atomic mass is 32.2. The number of carbonyl (C=O) groups is 4. The van der Waals surface area contributed by atoms with Gasteiger partial charge in [0.2, 0.25) is 10.2 Å². The largest absolute Gasteiger partial charge is 0.481 e. The Balaban J connectivity index is 3.77. The molecular weight excluding hydrogens is 280 g/mol. The van der Waals surface area contributed by atoms with Gasteiger partial charge in [0.05, 0.1) is 12.8 Å². The van der Waals surface area contributed by atoms with Crippen LogP contribution in [0, 0.1) is 0 Å². The molecule has 0 saturated carbocycles. The van der Waals surface area contributed by atoms with Gasteiger partial charge >= 0.3 is 11.9 Å². The predicted octanol–water partition coefficient (Wildman–Crippen LogP) is 1.01. The molecule has 0 heterocycles. The van der Waals surface area contributed by atoms with E-state index in [9.17, 15) is 19.2 Å². The number of carbonyl (C=O) groups excluding carboxylic acids is 2. The van der Waals surface area contributed by atoms with Crippen LogP contribution in [0.25, 0.3) is 0 Å². The Labute approximate surface area is 112 Å². The molecule has 0 aromatic rings. The quantitative estimate of drug-likeness (QED) is 0.638. The molecule has 100 valence electrons. The van der Waals surface area contributed by atoms with Crippen LogP contribution in [0.1, 0.15) is 12.8 Å². The molecule has 2 N–H and O–H groups in total. The molecular formula is C10H12O6S2. The molecule has 0 aliphatic heterocycles. The van der Waals surface area contributed by atoms with Crippen LogP contribution in [0.2, 0.25) is 0 Å². The lowest BCUT2D eigenvalue weighted by atomic mass is 10.5. The molecule has 0 aromatic carbocycles. The van der Waals surface area contributed by atoms with Crippen molar-refractivity contribution in [3.63, 3.8) is 0 Å². The summed E-state index contributed by atoms with van der Waals surface area (Å²) in [6.07, 6.45) is 1.88. The van der Waals surface area contributed by atoms with Crippen molar-refractivity contribution in [3.05, 3.63) is 12.2 Å². The number of aliphatic carboxylic acids is 2. The standard InChI is InChI=1S/C10H12O6S2/c11-7(12)3-5-17-9(15)1-2-10(16)18-6-4-8(13)14/h1-2H,3-6H2,(H,11,12)(H,13,14)/b2-1+. The van der Waals surface area contributed by atoms with Crippen molar-refractivity contribution in [2.75, 3.05) is 11.5 Å². The highest BCUT2D eigenvalue weighted by molar-refractivity contribution is 8.14. The van der Waals surface area contributed by atoms with Gasteiger partial charge in [-0.25, -0.2) is 0 Å². The second-order valence-corrected chi connectivity index (χ2v) is 5.15. The third-order valence-electron chi connectivity index (χ3n) is 1.48. The topological polar surface area (TPSA) is 109 Å². The number of hydrogen-bond donors (Lipinski definition) is 2. The van der Waals surface area contributed by atoms with Crippen LogP contribution in [-0.2, 0) is 19.2 Å². The summed E-state index contributed by atoms with van der Waals surface area (Å²) < 4.78 is 0. The molecule has 0 aliphatic rings. The third kappa shape index (κ3) is 11.2. The molecule has 0 aliphatic carbocycles. The fourth-order valence-corrected chi connectivity index (χ4v) is 1.99. The summed E-state index contributed by atoms with van der Waals surface area (Å²) in [4.78, 5) is 42.6. The molecule has 0 fully saturated rings. The second-order valence-electron chi connectivity index (χ2n) is 2.96. The van der Waals surface area contributed by atoms with E-state index in [1.54, 1.807) is 0 Å². The summed E-state index contributed by atoms with van der Waals surface area (Å²) >= 11 is 1.63. The van der Waals surface area contributed by atoms with E-state index in [0.29, 0.717) is 0 Å². The lowest BCUT2D eigenvalue weighted by Crippen LogP contribution is -1.99. The Kier molecular flexibility index (Phi) is 9.03. The molecule has 0 unspecified atom stereocenters. The normalized spacial score (nSPS) is 10.4. The molecule has 0 rings (SSSR count). The number of rotatable bonds is 8. The van der Waals surface area contributed by atoms with Crippen molar-refractivity contribution in [1.29, 1.82) is 0 Å². The van der Waals surface area contributed by atoms with Gasteiger partial charge in [-0.1, -0.05) is 23.5 Å². The average Bonchev–Trinajstić information content (AvgIpc) is 2.25. The molecule has 0 radical (unpaired) electrons. The maximum absolute atomic E-state index is 11.1. The van der Waals surface area contributed by atoms with Gasteiger partial charge in [0.25, 0.3) is 0 Å². The van der Waals surface area contributed by atoms with E-state index in [4.69, 9.17) is 10.2 Å². The highest BCUT2D eigenvalue weighted by Crippen LogP contribution is 2.08. The lowest BCUT2D eigenvalue weighted by Gasteiger charge is -1.94. The van der Waals surface area contributed by atoms with E-state index >= 15 is 0 Å². The van der Waals surface area contributed by atoms with Crippen LogP contribution in [0.15, 0.2) is 12.2 Å². The maximum Gasteiger partial charge on any atom is 0.304 e. The SMILES string of the molecule is O=C(O)CCSC(=O)/C=C/C(=O)SCCC(=O)O. The first kappa shape index (κ1) is 16.7. The number of thioether (sulfide) groups is 2. The van der Waals surface area contributed by atoms with Crippen LogP contribution in [0.3, 0.4) is 0 Å². The van der Waals surface area contributed by atoms with E-state index in [1.807, 2.05) is 0 Å². The molecule has 0 atom stereocenters. The lowest BCUT2D eigenvalue weighted by molar-refractivity contribution is -0.137. The predicted molar refractivity (Wildman–Crippen MR) is 68.6 cm³/mol. The van der Waals surface area contributed by atoms with Crippen LogP contribution in [0.4, 0.5) is 0 Å². The average molecular weight is 292 g/mol. The minimum atomic E-state index is -0.986. The fraction of sp³-hybridized carbons (Fsp3) is 0.400. The summed E-state index contributed by atoms with van der Waals surface area (Å²) in [5, 5.41) is 15.9. The van der Waals surface area contributed by atoms with Crippen molar-refractivity contribution < 1.29 is 29.4 Å². The van der Waals surface area contributed by atoms with Gasteiger partial charge < -0.3 is 10.2 Å². The first-order valence-corrected chi connectivity index (χ1v) is 6.84. The van der Waals surface area contributed by atoms with Crippen molar-refractivity contribution >= 4 is 45.7 Å². The monoisotopic (exact) mass is 292 g/mol. The van der Waals surface area contributed by atoms with E-state index in [-0.39, 0.29) is 24.3 Å². The first-order chi connectivity index (χ1) is 8.41. The number of carboxylic acids is 2. The highest BCUT2D eigenvalue weighted by Gasteiger charge is 2.04. The summed E-state index contributed by atoms with van der Waals surface area (Å²) in [5.41, 5.74) is 0. The first-order valence-electron chi connectivity index (χ1n) is 4.87. The van der Waals surface area contributed by atoms with E-state index in [1.165, 1.54) is 0 Å². The Morgan fingerprint density at radius 1 is 0.778 bits per heavy atom. The Morgan fingerprint density at radius 3 is 1.39 bits per heavy atom. The Morgan fingerprint density at radius 2 is 1.11 bits per heavy atom. The summed E-state index contributed by atoms with van der Waals surface area (Å²) in [5.74, 6) is -1.67. The summed E-state index contributed by atoms with van der Waals surface area (Å²) in [7, 11) is 0. The van der Waals surface area contributed by atoms with Gasteiger partial charge in [-0.15, -0.1) is 0 Å². The fourth-order valence-electron chi connectivity index (χ4n) is 0.710. The van der Waals surface area contributed by atoms with Gasteiger partial charge in [-0.3, -0.25) is 19.2 Å². The van der Waals surface area contributed by atoms with Crippen molar-refractivity contribution in [2.45, 2.75) is 12.8 Å². The Bertz CT molecular complexity index is 329. The summed E-state index contributed by atoms with van der Waals surface area (Å²) in [6, 6.07) is 0. The summed E-state index contributed by atoms with van der Waals surface area (Å²) in [6.45, 7) is 0.